The average Bonchev–Trinajstić information content (AvgIpc) is 2.87. The summed E-state index contributed by atoms with van der Waals surface area (Å²) in [7, 11) is 0. The Morgan fingerprint density at radius 2 is 2.26 bits per heavy atom. The van der Waals surface area contributed by atoms with Gasteiger partial charge in [-0.15, -0.1) is 11.3 Å². The van der Waals surface area contributed by atoms with Crippen LogP contribution in [-0.4, -0.2) is 12.6 Å². The van der Waals surface area contributed by atoms with Crippen LogP contribution in [0.4, 0.5) is 4.39 Å². The highest BCUT2D eigenvalue weighted by Gasteiger charge is 2.08. The number of ether oxygens (including phenoxy) is 1. The number of benzene rings is 1. The first-order valence-electron chi connectivity index (χ1n) is 6.00. The summed E-state index contributed by atoms with van der Waals surface area (Å²) in [6.45, 7) is 3.50. The second-order valence-electron chi connectivity index (χ2n) is 4.21. The molecule has 0 bridgehead atoms. The Bertz CT molecular complexity index is 518. The minimum Gasteiger partial charge on any atom is -0.488 e. The van der Waals surface area contributed by atoms with Gasteiger partial charge in [0.15, 0.2) is 0 Å². The highest BCUT2D eigenvalue weighted by Crippen LogP contribution is 2.26. The van der Waals surface area contributed by atoms with Gasteiger partial charge in [-0.05, 0) is 46.4 Å². The predicted molar refractivity (Wildman–Crippen MR) is 80.2 cm³/mol. The number of halogens is 2. The van der Waals surface area contributed by atoms with Gasteiger partial charge in [-0.25, -0.2) is 4.39 Å². The standard InChI is InChI=1S/C14H15BrFNOS/c1-10(8-17-9-12-3-2-6-19-12)18-14-7-11(16)4-5-13(14)15/h2-7,10,17H,8-9H2,1H3. The van der Waals surface area contributed by atoms with Gasteiger partial charge >= 0.3 is 0 Å². The first-order valence-corrected chi connectivity index (χ1v) is 7.67. The summed E-state index contributed by atoms with van der Waals surface area (Å²) in [5.74, 6) is 0.238. The van der Waals surface area contributed by atoms with Crippen LogP contribution in [0.1, 0.15) is 11.8 Å². The minimum absolute atomic E-state index is 0.0296. The molecule has 5 heteroatoms. The van der Waals surface area contributed by atoms with Crippen molar-refractivity contribution >= 4 is 27.3 Å². The van der Waals surface area contributed by atoms with E-state index in [4.69, 9.17) is 4.74 Å². The highest BCUT2D eigenvalue weighted by molar-refractivity contribution is 9.10. The van der Waals surface area contributed by atoms with Crippen molar-refractivity contribution in [3.05, 3.63) is 50.9 Å². The lowest BCUT2D eigenvalue weighted by Gasteiger charge is -2.16. The number of hydrogen-bond acceptors (Lipinski definition) is 3. The van der Waals surface area contributed by atoms with E-state index < -0.39 is 0 Å². The highest BCUT2D eigenvalue weighted by atomic mass is 79.9. The van der Waals surface area contributed by atoms with Crippen molar-refractivity contribution in [2.45, 2.75) is 19.6 Å². The largest absolute Gasteiger partial charge is 0.488 e. The zero-order chi connectivity index (χ0) is 13.7. The number of hydrogen-bond donors (Lipinski definition) is 1. The third-order valence-electron chi connectivity index (χ3n) is 2.53. The van der Waals surface area contributed by atoms with Gasteiger partial charge in [-0.2, -0.15) is 0 Å². The Morgan fingerprint density at radius 3 is 3.00 bits per heavy atom. The lowest BCUT2D eigenvalue weighted by molar-refractivity contribution is 0.215. The fourth-order valence-corrected chi connectivity index (χ4v) is 2.65. The molecule has 0 aliphatic rings. The Hall–Kier alpha value is -0.910. The molecule has 1 atom stereocenters. The molecular formula is C14H15BrFNOS. The van der Waals surface area contributed by atoms with Crippen LogP contribution in [0.25, 0.3) is 0 Å². The molecular weight excluding hydrogens is 329 g/mol. The molecule has 1 N–H and O–H groups in total. The van der Waals surface area contributed by atoms with E-state index in [-0.39, 0.29) is 11.9 Å². The normalized spacial score (nSPS) is 12.4. The molecule has 1 unspecified atom stereocenters. The molecule has 0 amide bonds. The molecule has 19 heavy (non-hydrogen) atoms. The Kier molecular flexibility index (Phi) is 5.36. The fourth-order valence-electron chi connectivity index (χ4n) is 1.64. The van der Waals surface area contributed by atoms with Crippen LogP contribution >= 0.6 is 27.3 Å². The number of thiophene rings is 1. The van der Waals surface area contributed by atoms with Crippen molar-refractivity contribution in [3.63, 3.8) is 0 Å². The third kappa shape index (κ3) is 4.60. The van der Waals surface area contributed by atoms with Crippen molar-refractivity contribution in [2.24, 2.45) is 0 Å². The summed E-state index contributed by atoms with van der Waals surface area (Å²) >= 11 is 5.07. The molecule has 0 saturated carbocycles. The summed E-state index contributed by atoms with van der Waals surface area (Å²) in [6.07, 6.45) is -0.0296. The molecule has 1 aromatic carbocycles. The van der Waals surface area contributed by atoms with Crippen molar-refractivity contribution in [2.75, 3.05) is 6.54 Å². The summed E-state index contributed by atoms with van der Waals surface area (Å²) in [4.78, 5) is 1.29. The van der Waals surface area contributed by atoms with Gasteiger partial charge in [0.05, 0.1) is 4.47 Å². The van der Waals surface area contributed by atoms with E-state index in [0.717, 1.165) is 11.0 Å². The van der Waals surface area contributed by atoms with Gasteiger partial charge < -0.3 is 10.1 Å². The van der Waals surface area contributed by atoms with Crippen LogP contribution in [0.15, 0.2) is 40.2 Å². The van der Waals surface area contributed by atoms with Crippen LogP contribution in [-0.2, 0) is 6.54 Å². The van der Waals surface area contributed by atoms with E-state index in [1.165, 1.54) is 17.0 Å². The van der Waals surface area contributed by atoms with Crippen LogP contribution in [0, 0.1) is 5.82 Å². The van der Waals surface area contributed by atoms with Gasteiger partial charge in [0, 0.05) is 24.0 Å². The van der Waals surface area contributed by atoms with Gasteiger partial charge in [0.25, 0.3) is 0 Å². The van der Waals surface area contributed by atoms with E-state index >= 15 is 0 Å². The molecule has 0 aliphatic heterocycles. The van der Waals surface area contributed by atoms with Crippen molar-refractivity contribution in [1.82, 2.24) is 5.32 Å². The Morgan fingerprint density at radius 1 is 1.42 bits per heavy atom. The molecule has 1 heterocycles. The summed E-state index contributed by atoms with van der Waals surface area (Å²) in [5.41, 5.74) is 0. The maximum Gasteiger partial charge on any atom is 0.136 e. The molecule has 0 radical (unpaired) electrons. The lowest BCUT2D eigenvalue weighted by atomic mass is 10.3. The van der Waals surface area contributed by atoms with Gasteiger partial charge in [-0.1, -0.05) is 6.07 Å². The van der Waals surface area contributed by atoms with E-state index in [0.29, 0.717) is 12.3 Å². The maximum atomic E-state index is 13.1. The van der Waals surface area contributed by atoms with Crippen molar-refractivity contribution in [3.8, 4) is 5.75 Å². The summed E-state index contributed by atoms with van der Waals surface area (Å²) < 4.78 is 19.6. The average molecular weight is 344 g/mol. The zero-order valence-electron chi connectivity index (χ0n) is 10.5. The molecule has 0 spiro atoms. The summed E-state index contributed by atoms with van der Waals surface area (Å²) in [5, 5.41) is 5.37. The molecule has 2 rings (SSSR count). The van der Waals surface area contributed by atoms with E-state index in [1.54, 1.807) is 17.4 Å². The first kappa shape index (κ1) is 14.5. The molecule has 2 nitrogen and oxygen atoms in total. The maximum absolute atomic E-state index is 13.1. The topological polar surface area (TPSA) is 21.3 Å². The van der Waals surface area contributed by atoms with Gasteiger partial charge in [-0.3, -0.25) is 0 Å². The molecule has 1 aromatic heterocycles. The quantitative estimate of drug-likeness (QED) is 0.848. The van der Waals surface area contributed by atoms with Crippen LogP contribution in [0.2, 0.25) is 0 Å². The number of nitrogens with one attached hydrogen (secondary N) is 1. The summed E-state index contributed by atoms with van der Waals surface area (Å²) in [6, 6.07) is 8.56. The van der Waals surface area contributed by atoms with E-state index in [9.17, 15) is 4.39 Å². The van der Waals surface area contributed by atoms with Gasteiger partial charge in [0.1, 0.15) is 17.7 Å². The predicted octanol–water partition coefficient (Wildman–Crippen LogP) is 4.21. The van der Waals surface area contributed by atoms with Crippen LogP contribution in [0.5, 0.6) is 5.75 Å². The SMILES string of the molecule is CC(CNCc1cccs1)Oc1cc(F)ccc1Br. The smallest absolute Gasteiger partial charge is 0.136 e. The molecule has 2 aromatic rings. The monoisotopic (exact) mass is 343 g/mol. The second kappa shape index (κ2) is 7.03. The van der Waals surface area contributed by atoms with Crippen molar-refractivity contribution < 1.29 is 9.13 Å². The van der Waals surface area contributed by atoms with Gasteiger partial charge in [0.2, 0.25) is 0 Å². The first-order chi connectivity index (χ1) is 9.15. The Labute approximate surface area is 124 Å². The minimum atomic E-state index is -0.294. The van der Waals surface area contributed by atoms with Crippen LogP contribution < -0.4 is 10.1 Å². The second-order valence-corrected chi connectivity index (χ2v) is 6.10. The third-order valence-corrected chi connectivity index (χ3v) is 4.06. The van der Waals surface area contributed by atoms with E-state index in [1.807, 2.05) is 13.0 Å². The molecule has 0 saturated heterocycles. The zero-order valence-corrected chi connectivity index (χ0v) is 12.9. The van der Waals surface area contributed by atoms with Crippen molar-refractivity contribution in [1.29, 1.82) is 0 Å². The Balaban J connectivity index is 1.80. The lowest BCUT2D eigenvalue weighted by Crippen LogP contribution is -2.28. The fraction of sp³-hybridized carbons (Fsp3) is 0.286. The van der Waals surface area contributed by atoms with E-state index in [2.05, 4.69) is 32.7 Å². The van der Waals surface area contributed by atoms with Crippen LogP contribution in [0.3, 0.4) is 0 Å². The molecule has 102 valence electrons. The number of rotatable bonds is 6. The molecule has 0 fully saturated rings. The molecule has 0 aliphatic carbocycles.